The molecule has 1 heterocycles. The lowest BCUT2D eigenvalue weighted by atomic mass is 10.2. The lowest BCUT2D eigenvalue weighted by molar-refractivity contribution is 0.515. The van der Waals surface area contributed by atoms with Gasteiger partial charge >= 0.3 is 0 Å². The van der Waals surface area contributed by atoms with Crippen LogP contribution in [0.5, 0.6) is 0 Å². The van der Waals surface area contributed by atoms with Gasteiger partial charge < -0.3 is 9.73 Å². The van der Waals surface area contributed by atoms with E-state index in [0.29, 0.717) is 6.04 Å². The predicted octanol–water partition coefficient (Wildman–Crippen LogP) is 3.28. The number of aryl methyl sites for hydroxylation is 1. The maximum absolute atomic E-state index is 5.84. The van der Waals surface area contributed by atoms with Crippen molar-refractivity contribution in [1.82, 2.24) is 5.32 Å². The van der Waals surface area contributed by atoms with Crippen LogP contribution in [0.2, 0.25) is 0 Å². The molecule has 2 heteroatoms. The van der Waals surface area contributed by atoms with Crippen molar-refractivity contribution in [3.05, 3.63) is 35.6 Å². The molecule has 2 nitrogen and oxygen atoms in total. The van der Waals surface area contributed by atoms with E-state index in [2.05, 4.69) is 50.4 Å². The summed E-state index contributed by atoms with van der Waals surface area (Å²) in [6, 6.07) is 8.94. The summed E-state index contributed by atoms with van der Waals surface area (Å²) in [5, 5.41) is 4.60. The highest BCUT2D eigenvalue weighted by atomic mass is 16.3. The summed E-state index contributed by atoms with van der Waals surface area (Å²) < 4.78 is 5.84. The van der Waals surface area contributed by atoms with Gasteiger partial charge in [0, 0.05) is 24.4 Å². The van der Waals surface area contributed by atoms with E-state index in [1.807, 2.05) is 0 Å². The quantitative estimate of drug-likeness (QED) is 0.850. The summed E-state index contributed by atoms with van der Waals surface area (Å²) in [7, 11) is 0. The molecule has 0 fully saturated rings. The van der Waals surface area contributed by atoms with Crippen molar-refractivity contribution in [2.75, 3.05) is 6.54 Å². The molecule has 0 bridgehead atoms. The number of rotatable bonds is 4. The van der Waals surface area contributed by atoms with Crippen molar-refractivity contribution < 1.29 is 4.42 Å². The number of furan rings is 1. The first-order chi connectivity index (χ1) is 7.66. The van der Waals surface area contributed by atoms with Gasteiger partial charge in [0.05, 0.1) is 0 Å². The van der Waals surface area contributed by atoms with Crippen LogP contribution in [0.1, 0.15) is 25.2 Å². The maximum atomic E-state index is 5.84. The number of nitrogens with one attached hydrogen (secondary N) is 1. The summed E-state index contributed by atoms with van der Waals surface area (Å²) in [4.78, 5) is 0. The molecular formula is C14H19NO. The highest BCUT2D eigenvalue weighted by molar-refractivity contribution is 5.80. The Morgan fingerprint density at radius 2 is 2.12 bits per heavy atom. The fraction of sp³-hybridized carbons (Fsp3) is 0.429. The van der Waals surface area contributed by atoms with Crippen molar-refractivity contribution in [2.45, 2.75) is 33.2 Å². The molecule has 16 heavy (non-hydrogen) atoms. The average molecular weight is 217 g/mol. The fourth-order valence-corrected chi connectivity index (χ4v) is 1.87. The molecule has 0 saturated heterocycles. The molecule has 1 aromatic heterocycles. The molecular weight excluding hydrogens is 198 g/mol. The normalized spacial score (nSPS) is 11.5. The molecule has 0 unspecified atom stereocenters. The van der Waals surface area contributed by atoms with E-state index in [1.165, 1.54) is 10.9 Å². The maximum Gasteiger partial charge on any atom is 0.137 e. The second-order valence-electron chi connectivity index (χ2n) is 4.56. The molecule has 2 rings (SSSR count). The van der Waals surface area contributed by atoms with Crippen LogP contribution in [-0.4, -0.2) is 12.6 Å². The van der Waals surface area contributed by atoms with Gasteiger partial charge in [-0.1, -0.05) is 32.0 Å². The zero-order chi connectivity index (χ0) is 11.5. The average Bonchev–Trinajstić information content (AvgIpc) is 2.61. The van der Waals surface area contributed by atoms with Gasteiger partial charge in [0.1, 0.15) is 11.3 Å². The third-order valence-corrected chi connectivity index (χ3v) is 2.72. The summed E-state index contributed by atoms with van der Waals surface area (Å²) in [5.74, 6) is 1.07. The molecule has 2 aromatic rings. The first kappa shape index (κ1) is 11.2. The van der Waals surface area contributed by atoms with Gasteiger partial charge in [-0.15, -0.1) is 0 Å². The SMILES string of the molecule is Cc1cccc2cc(CCNC(C)C)oc12. The van der Waals surface area contributed by atoms with Crippen LogP contribution in [0.3, 0.4) is 0 Å². The number of hydrogen-bond donors (Lipinski definition) is 1. The molecule has 0 saturated carbocycles. The molecule has 0 aliphatic rings. The number of hydrogen-bond acceptors (Lipinski definition) is 2. The zero-order valence-electron chi connectivity index (χ0n) is 10.2. The van der Waals surface area contributed by atoms with E-state index in [0.717, 1.165) is 24.3 Å². The lowest BCUT2D eigenvalue weighted by Crippen LogP contribution is -2.24. The largest absolute Gasteiger partial charge is 0.461 e. The minimum Gasteiger partial charge on any atom is -0.461 e. The third-order valence-electron chi connectivity index (χ3n) is 2.72. The van der Waals surface area contributed by atoms with Gasteiger partial charge in [-0.05, 0) is 18.6 Å². The number of para-hydroxylation sites is 1. The summed E-state index contributed by atoms with van der Waals surface area (Å²) in [6.07, 6.45) is 0.951. The molecule has 0 radical (unpaired) electrons. The highest BCUT2D eigenvalue weighted by Crippen LogP contribution is 2.22. The Bertz CT molecular complexity index is 471. The molecule has 0 spiro atoms. The smallest absolute Gasteiger partial charge is 0.137 e. The Kier molecular flexibility index (Phi) is 3.30. The van der Waals surface area contributed by atoms with Crippen molar-refractivity contribution in [3.63, 3.8) is 0 Å². The van der Waals surface area contributed by atoms with E-state index < -0.39 is 0 Å². The Balaban J connectivity index is 2.11. The Morgan fingerprint density at radius 1 is 1.31 bits per heavy atom. The van der Waals surface area contributed by atoms with Crippen LogP contribution in [0, 0.1) is 6.92 Å². The van der Waals surface area contributed by atoms with E-state index in [1.54, 1.807) is 0 Å². The standard InChI is InChI=1S/C14H19NO/c1-10(2)15-8-7-13-9-12-6-4-5-11(3)14(12)16-13/h4-6,9-10,15H,7-8H2,1-3H3. The molecule has 86 valence electrons. The van der Waals surface area contributed by atoms with Crippen LogP contribution in [0.4, 0.5) is 0 Å². The predicted molar refractivity (Wildman–Crippen MR) is 67.8 cm³/mol. The second kappa shape index (κ2) is 4.71. The fourth-order valence-electron chi connectivity index (χ4n) is 1.87. The van der Waals surface area contributed by atoms with Crippen LogP contribution < -0.4 is 5.32 Å². The van der Waals surface area contributed by atoms with Crippen molar-refractivity contribution in [1.29, 1.82) is 0 Å². The van der Waals surface area contributed by atoms with Gasteiger partial charge in [0.2, 0.25) is 0 Å². The Hall–Kier alpha value is -1.28. The van der Waals surface area contributed by atoms with Crippen LogP contribution in [0.25, 0.3) is 11.0 Å². The van der Waals surface area contributed by atoms with Gasteiger partial charge in [0.15, 0.2) is 0 Å². The molecule has 0 amide bonds. The molecule has 1 N–H and O–H groups in total. The first-order valence-electron chi connectivity index (χ1n) is 5.88. The third kappa shape index (κ3) is 2.45. The van der Waals surface area contributed by atoms with Gasteiger partial charge in [-0.3, -0.25) is 0 Å². The van der Waals surface area contributed by atoms with E-state index in [-0.39, 0.29) is 0 Å². The number of fused-ring (bicyclic) bond motifs is 1. The summed E-state index contributed by atoms with van der Waals surface area (Å²) >= 11 is 0. The number of benzene rings is 1. The van der Waals surface area contributed by atoms with Gasteiger partial charge in [0.25, 0.3) is 0 Å². The van der Waals surface area contributed by atoms with Crippen LogP contribution >= 0.6 is 0 Å². The molecule has 1 aromatic carbocycles. The second-order valence-corrected chi connectivity index (χ2v) is 4.56. The Labute approximate surface area is 96.6 Å². The topological polar surface area (TPSA) is 25.2 Å². The summed E-state index contributed by atoms with van der Waals surface area (Å²) in [5.41, 5.74) is 2.24. The van der Waals surface area contributed by atoms with Crippen molar-refractivity contribution in [3.8, 4) is 0 Å². The van der Waals surface area contributed by atoms with Crippen molar-refractivity contribution in [2.24, 2.45) is 0 Å². The van der Waals surface area contributed by atoms with E-state index >= 15 is 0 Å². The summed E-state index contributed by atoms with van der Waals surface area (Å²) in [6.45, 7) is 7.37. The lowest BCUT2D eigenvalue weighted by Gasteiger charge is -2.05. The zero-order valence-corrected chi connectivity index (χ0v) is 10.2. The first-order valence-corrected chi connectivity index (χ1v) is 5.88. The van der Waals surface area contributed by atoms with E-state index in [9.17, 15) is 0 Å². The minimum absolute atomic E-state index is 0.533. The monoisotopic (exact) mass is 217 g/mol. The van der Waals surface area contributed by atoms with Gasteiger partial charge in [-0.25, -0.2) is 0 Å². The van der Waals surface area contributed by atoms with Crippen LogP contribution in [-0.2, 0) is 6.42 Å². The minimum atomic E-state index is 0.533. The van der Waals surface area contributed by atoms with Gasteiger partial charge in [-0.2, -0.15) is 0 Å². The molecule has 0 aliphatic heterocycles. The van der Waals surface area contributed by atoms with Crippen LogP contribution in [0.15, 0.2) is 28.7 Å². The van der Waals surface area contributed by atoms with Crippen molar-refractivity contribution >= 4 is 11.0 Å². The molecule has 0 atom stereocenters. The highest BCUT2D eigenvalue weighted by Gasteiger charge is 2.05. The van der Waals surface area contributed by atoms with E-state index in [4.69, 9.17) is 4.42 Å². The molecule has 0 aliphatic carbocycles. The Morgan fingerprint density at radius 3 is 2.81 bits per heavy atom.